The average Bonchev–Trinajstić information content (AvgIpc) is 2.36. The number of amides is 3. The lowest BCUT2D eigenvalue weighted by Gasteiger charge is -2.13. The van der Waals surface area contributed by atoms with Gasteiger partial charge in [0.05, 0.1) is 10.5 Å². The topological polar surface area (TPSA) is 133 Å². The second-order valence-corrected chi connectivity index (χ2v) is 6.15. The number of benzene rings is 1. The van der Waals surface area contributed by atoms with Crippen molar-refractivity contribution in [3.63, 3.8) is 0 Å². The molecule has 1 rings (SSSR count). The van der Waals surface area contributed by atoms with Crippen LogP contribution in [0.4, 0.5) is 4.79 Å². The van der Waals surface area contributed by atoms with Gasteiger partial charge in [-0.3, -0.25) is 10.1 Å². The third-order valence-corrected chi connectivity index (χ3v) is 3.56. The van der Waals surface area contributed by atoms with E-state index >= 15 is 0 Å². The summed E-state index contributed by atoms with van der Waals surface area (Å²) in [5, 5.41) is 1.75. The third kappa shape index (κ3) is 4.56. The largest absolute Gasteiger partial charge is 0.449 e. The molecule has 114 valence electrons. The summed E-state index contributed by atoms with van der Waals surface area (Å²) in [6.45, 7) is 1.22. The van der Waals surface area contributed by atoms with Crippen molar-refractivity contribution >= 4 is 27.7 Å². The first kappa shape index (κ1) is 16.6. The van der Waals surface area contributed by atoms with Crippen LogP contribution in [0.2, 0.25) is 0 Å². The van der Waals surface area contributed by atoms with Gasteiger partial charge in [0, 0.05) is 6.26 Å². The normalized spacial score (nSPS) is 12.3. The minimum atomic E-state index is -3.63. The molecule has 0 aliphatic carbocycles. The van der Waals surface area contributed by atoms with Gasteiger partial charge in [-0.1, -0.05) is 12.1 Å². The highest BCUT2D eigenvalue weighted by molar-refractivity contribution is 7.90. The Morgan fingerprint density at radius 1 is 1.24 bits per heavy atom. The Labute approximate surface area is 121 Å². The first-order valence-electron chi connectivity index (χ1n) is 5.73. The van der Waals surface area contributed by atoms with Crippen molar-refractivity contribution < 1.29 is 27.5 Å². The predicted molar refractivity (Wildman–Crippen MR) is 72.2 cm³/mol. The molecule has 0 heterocycles. The molecule has 0 fully saturated rings. The number of imide groups is 1. The quantitative estimate of drug-likeness (QED) is 0.741. The Balaban J connectivity index is 2.96. The molecule has 1 atom stereocenters. The molecular weight excluding hydrogens is 300 g/mol. The maximum absolute atomic E-state index is 11.9. The highest BCUT2D eigenvalue weighted by atomic mass is 32.2. The number of nitrogens with one attached hydrogen (secondary N) is 1. The number of ether oxygens (including phenoxy) is 1. The summed E-state index contributed by atoms with van der Waals surface area (Å²) in [6.07, 6.45) is -0.361. The monoisotopic (exact) mass is 314 g/mol. The number of primary amides is 1. The number of urea groups is 1. The molecule has 1 aromatic carbocycles. The van der Waals surface area contributed by atoms with Gasteiger partial charge in [-0.15, -0.1) is 0 Å². The maximum atomic E-state index is 11.9. The van der Waals surface area contributed by atoms with Gasteiger partial charge >= 0.3 is 12.0 Å². The Kier molecular flexibility index (Phi) is 5.03. The fourth-order valence-corrected chi connectivity index (χ4v) is 2.34. The summed E-state index contributed by atoms with van der Waals surface area (Å²) in [7, 11) is -3.63. The van der Waals surface area contributed by atoms with E-state index < -0.39 is 33.8 Å². The molecule has 0 bridgehead atoms. The van der Waals surface area contributed by atoms with Gasteiger partial charge in [-0.2, -0.15) is 0 Å². The summed E-state index contributed by atoms with van der Waals surface area (Å²) in [4.78, 5) is 33.6. The van der Waals surface area contributed by atoms with Crippen molar-refractivity contribution in [3.8, 4) is 0 Å². The number of nitrogens with two attached hydrogens (primary N) is 1. The molecule has 0 saturated heterocycles. The molecule has 1 aromatic rings. The molecule has 0 saturated carbocycles. The molecule has 21 heavy (non-hydrogen) atoms. The predicted octanol–water partition coefficient (Wildman–Crippen LogP) is -0.170. The lowest BCUT2D eigenvalue weighted by atomic mass is 10.2. The van der Waals surface area contributed by atoms with Crippen LogP contribution < -0.4 is 11.1 Å². The number of hydrogen-bond donors (Lipinski definition) is 2. The number of esters is 1. The van der Waals surface area contributed by atoms with E-state index in [0.717, 1.165) is 6.26 Å². The first-order chi connectivity index (χ1) is 9.62. The highest BCUT2D eigenvalue weighted by Gasteiger charge is 2.24. The van der Waals surface area contributed by atoms with Crippen molar-refractivity contribution in [1.29, 1.82) is 0 Å². The highest BCUT2D eigenvalue weighted by Crippen LogP contribution is 2.16. The van der Waals surface area contributed by atoms with Gasteiger partial charge in [-0.25, -0.2) is 18.0 Å². The van der Waals surface area contributed by atoms with E-state index in [-0.39, 0.29) is 10.5 Å². The van der Waals surface area contributed by atoms with E-state index in [4.69, 9.17) is 10.5 Å². The van der Waals surface area contributed by atoms with Crippen LogP contribution in [0.15, 0.2) is 29.2 Å². The van der Waals surface area contributed by atoms with Crippen LogP contribution in [0.1, 0.15) is 17.3 Å². The molecule has 0 unspecified atom stereocenters. The van der Waals surface area contributed by atoms with E-state index in [9.17, 15) is 22.8 Å². The molecule has 0 aromatic heterocycles. The van der Waals surface area contributed by atoms with Gasteiger partial charge in [0.2, 0.25) is 0 Å². The molecule has 8 nitrogen and oxygen atoms in total. The van der Waals surface area contributed by atoms with Crippen molar-refractivity contribution in [1.82, 2.24) is 5.32 Å². The Morgan fingerprint density at radius 3 is 2.33 bits per heavy atom. The summed E-state index contributed by atoms with van der Waals surface area (Å²) < 4.78 is 28.0. The van der Waals surface area contributed by atoms with Gasteiger partial charge in [-0.05, 0) is 19.1 Å². The maximum Gasteiger partial charge on any atom is 0.340 e. The fourth-order valence-electron chi connectivity index (χ4n) is 1.46. The molecule has 0 radical (unpaired) electrons. The van der Waals surface area contributed by atoms with E-state index in [1.165, 1.54) is 31.2 Å². The lowest BCUT2D eigenvalue weighted by Crippen LogP contribution is -2.42. The Hall–Kier alpha value is -2.42. The van der Waals surface area contributed by atoms with E-state index in [2.05, 4.69) is 0 Å². The summed E-state index contributed by atoms with van der Waals surface area (Å²) in [5.41, 5.74) is 4.57. The SMILES string of the molecule is C[C@H](OC(=O)c1ccccc1S(C)(=O)=O)C(=O)NC(N)=O. The van der Waals surface area contributed by atoms with Crippen LogP contribution in [-0.2, 0) is 19.4 Å². The molecule has 3 N–H and O–H groups in total. The fraction of sp³-hybridized carbons (Fsp3) is 0.250. The van der Waals surface area contributed by atoms with Crippen LogP contribution in [0.3, 0.4) is 0 Å². The smallest absolute Gasteiger partial charge is 0.340 e. The second kappa shape index (κ2) is 6.35. The van der Waals surface area contributed by atoms with Crippen LogP contribution in [0.25, 0.3) is 0 Å². The van der Waals surface area contributed by atoms with Crippen LogP contribution >= 0.6 is 0 Å². The van der Waals surface area contributed by atoms with Crippen LogP contribution in [-0.4, -0.2) is 38.7 Å². The minimum Gasteiger partial charge on any atom is -0.449 e. The second-order valence-electron chi connectivity index (χ2n) is 4.17. The summed E-state index contributed by atoms with van der Waals surface area (Å²) >= 11 is 0. The van der Waals surface area contributed by atoms with E-state index in [1.54, 1.807) is 5.32 Å². The molecule has 9 heteroatoms. The third-order valence-electron chi connectivity index (χ3n) is 2.41. The average molecular weight is 314 g/mol. The molecule has 0 aliphatic rings. The zero-order valence-corrected chi connectivity index (χ0v) is 12.1. The number of hydrogen-bond acceptors (Lipinski definition) is 6. The number of carbonyl (C=O) groups excluding carboxylic acids is 3. The van der Waals surface area contributed by atoms with E-state index in [1.807, 2.05) is 0 Å². The molecule has 0 spiro atoms. The van der Waals surface area contributed by atoms with Gasteiger partial charge < -0.3 is 10.5 Å². The van der Waals surface area contributed by atoms with Crippen molar-refractivity contribution in [2.75, 3.05) is 6.26 Å². The zero-order chi connectivity index (χ0) is 16.2. The van der Waals surface area contributed by atoms with Crippen LogP contribution in [0, 0.1) is 0 Å². The van der Waals surface area contributed by atoms with Gasteiger partial charge in [0.1, 0.15) is 0 Å². The Bertz CT molecular complexity index is 683. The number of sulfone groups is 1. The summed E-state index contributed by atoms with van der Waals surface area (Å²) in [6, 6.07) is 4.34. The van der Waals surface area contributed by atoms with Crippen LogP contribution in [0.5, 0.6) is 0 Å². The summed E-state index contributed by atoms with van der Waals surface area (Å²) in [5.74, 6) is -1.91. The zero-order valence-electron chi connectivity index (χ0n) is 11.3. The minimum absolute atomic E-state index is 0.196. The number of carbonyl (C=O) groups is 3. The number of rotatable bonds is 4. The molecule has 3 amide bonds. The standard InChI is InChI=1S/C12H14N2O6S/c1-7(10(15)14-12(13)17)20-11(16)8-5-3-4-6-9(8)21(2,18)19/h3-7H,1-2H3,(H3,13,14,15,17)/t7-/m0/s1. The lowest BCUT2D eigenvalue weighted by molar-refractivity contribution is -0.127. The van der Waals surface area contributed by atoms with Crippen molar-refractivity contribution in [2.24, 2.45) is 5.73 Å². The molecule has 0 aliphatic heterocycles. The molecular formula is C12H14N2O6S. The Morgan fingerprint density at radius 2 is 1.81 bits per heavy atom. The first-order valence-corrected chi connectivity index (χ1v) is 7.62. The van der Waals surface area contributed by atoms with E-state index in [0.29, 0.717) is 0 Å². The van der Waals surface area contributed by atoms with Gasteiger partial charge in [0.15, 0.2) is 15.9 Å². The van der Waals surface area contributed by atoms with Crippen molar-refractivity contribution in [2.45, 2.75) is 17.9 Å². The van der Waals surface area contributed by atoms with Crippen molar-refractivity contribution in [3.05, 3.63) is 29.8 Å². The van der Waals surface area contributed by atoms with Gasteiger partial charge in [0.25, 0.3) is 5.91 Å².